The highest BCUT2D eigenvalue weighted by Gasteiger charge is 2.30. The highest BCUT2D eigenvalue weighted by atomic mass is 16.5. The van der Waals surface area contributed by atoms with Gasteiger partial charge >= 0.3 is 0 Å². The lowest BCUT2D eigenvalue weighted by molar-refractivity contribution is 0.0970. The van der Waals surface area contributed by atoms with Gasteiger partial charge in [-0.15, -0.1) is 0 Å². The average Bonchev–Trinajstić information content (AvgIpc) is 3.12. The van der Waals surface area contributed by atoms with Crippen molar-refractivity contribution in [2.45, 2.75) is 19.4 Å². The number of carbonyl (C=O) groups excluding carboxylic acids is 1. The van der Waals surface area contributed by atoms with Gasteiger partial charge in [-0.1, -0.05) is 18.2 Å². The number of para-hydroxylation sites is 1. The molecule has 1 unspecified atom stereocenters. The maximum atomic E-state index is 12.8. The number of hydrogen-bond donors (Lipinski definition) is 0. The highest BCUT2D eigenvalue weighted by Crippen LogP contribution is 2.25. The van der Waals surface area contributed by atoms with Crippen molar-refractivity contribution in [1.29, 1.82) is 0 Å². The Morgan fingerprint density at radius 2 is 2.05 bits per heavy atom. The van der Waals surface area contributed by atoms with E-state index in [1.54, 1.807) is 12.3 Å². The molecule has 4 heteroatoms. The van der Waals surface area contributed by atoms with Crippen LogP contribution in [0.15, 0.2) is 47.1 Å². The third-order valence-corrected chi connectivity index (χ3v) is 3.61. The molecule has 2 aromatic rings. The summed E-state index contributed by atoms with van der Waals surface area (Å²) in [6.45, 7) is 3.09. The third kappa shape index (κ3) is 2.34. The molecule has 1 amide bonds. The predicted molar refractivity (Wildman–Crippen MR) is 75.9 cm³/mol. The van der Waals surface area contributed by atoms with Crippen LogP contribution in [0.25, 0.3) is 0 Å². The van der Waals surface area contributed by atoms with E-state index in [9.17, 15) is 4.79 Å². The molecule has 0 aliphatic carbocycles. The number of amides is 1. The molecule has 1 aromatic heterocycles. The lowest BCUT2D eigenvalue weighted by Gasteiger charge is -2.28. The van der Waals surface area contributed by atoms with Crippen molar-refractivity contribution in [3.05, 3.63) is 54.0 Å². The summed E-state index contributed by atoms with van der Waals surface area (Å²) >= 11 is 0. The smallest absolute Gasteiger partial charge is 0.262 e. The molecule has 20 heavy (non-hydrogen) atoms. The second kappa shape index (κ2) is 5.51. The monoisotopic (exact) mass is 271 g/mol. The van der Waals surface area contributed by atoms with Crippen LogP contribution in [0.1, 0.15) is 22.5 Å². The summed E-state index contributed by atoms with van der Waals surface area (Å²) in [7, 11) is 0. The summed E-state index contributed by atoms with van der Waals surface area (Å²) in [5.74, 6) is 0.618. The van der Waals surface area contributed by atoms with Crippen LogP contribution < -0.4 is 4.90 Å². The molecule has 1 aliphatic heterocycles. The molecule has 104 valence electrons. The molecule has 1 aliphatic rings. The Bertz CT molecular complexity index is 585. The third-order valence-electron chi connectivity index (χ3n) is 3.61. The summed E-state index contributed by atoms with van der Waals surface area (Å²) < 4.78 is 10.7. The summed E-state index contributed by atoms with van der Waals surface area (Å²) in [5.41, 5.74) is 1.51. The zero-order chi connectivity index (χ0) is 13.9. The van der Waals surface area contributed by atoms with Crippen LogP contribution in [-0.2, 0) is 4.74 Å². The van der Waals surface area contributed by atoms with Gasteiger partial charge in [-0.05, 0) is 31.5 Å². The molecule has 0 radical (unpaired) electrons. The maximum absolute atomic E-state index is 12.8. The Kier molecular flexibility index (Phi) is 3.56. The van der Waals surface area contributed by atoms with Gasteiger partial charge in [0.25, 0.3) is 5.91 Å². The molecule has 1 fully saturated rings. The van der Waals surface area contributed by atoms with Gasteiger partial charge in [-0.2, -0.15) is 0 Å². The van der Waals surface area contributed by atoms with Gasteiger partial charge in [0.05, 0.1) is 24.5 Å². The molecular formula is C16H17NO3. The van der Waals surface area contributed by atoms with Crippen LogP contribution in [0.2, 0.25) is 0 Å². The van der Waals surface area contributed by atoms with E-state index in [4.69, 9.17) is 9.15 Å². The number of rotatable bonds is 3. The highest BCUT2D eigenvalue weighted by molar-refractivity contribution is 6.07. The first kappa shape index (κ1) is 12.9. The Labute approximate surface area is 118 Å². The SMILES string of the molecule is Cc1occc1C(=O)N(c1ccccc1)C1CCOC1. The fourth-order valence-electron chi connectivity index (χ4n) is 2.54. The number of benzene rings is 1. The van der Waals surface area contributed by atoms with Crippen molar-refractivity contribution in [1.82, 2.24) is 0 Å². The Morgan fingerprint density at radius 3 is 2.65 bits per heavy atom. The van der Waals surface area contributed by atoms with E-state index in [1.165, 1.54) is 0 Å². The van der Waals surface area contributed by atoms with E-state index < -0.39 is 0 Å². The Balaban J connectivity index is 1.97. The number of anilines is 1. The van der Waals surface area contributed by atoms with Crippen LogP contribution in [0.3, 0.4) is 0 Å². The largest absolute Gasteiger partial charge is 0.469 e. The first-order valence-electron chi connectivity index (χ1n) is 6.78. The van der Waals surface area contributed by atoms with Crippen LogP contribution in [0, 0.1) is 6.92 Å². The summed E-state index contributed by atoms with van der Waals surface area (Å²) in [4.78, 5) is 14.6. The lowest BCUT2D eigenvalue weighted by atomic mass is 10.1. The molecule has 2 heterocycles. The quantitative estimate of drug-likeness (QED) is 0.861. The topological polar surface area (TPSA) is 42.7 Å². The summed E-state index contributed by atoms with van der Waals surface area (Å²) in [5, 5.41) is 0. The van der Waals surface area contributed by atoms with Gasteiger partial charge in [-0.3, -0.25) is 4.79 Å². The van der Waals surface area contributed by atoms with Crippen LogP contribution >= 0.6 is 0 Å². The number of aryl methyl sites for hydroxylation is 1. The minimum atomic E-state index is -0.0297. The summed E-state index contributed by atoms with van der Waals surface area (Å²) in [6.07, 6.45) is 2.41. The van der Waals surface area contributed by atoms with E-state index in [0.29, 0.717) is 24.5 Å². The lowest BCUT2D eigenvalue weighted by Crippen LogP contribution is -2.41. The minimum Gasteiger partial charge on any atom is -0.469 e. The van der Waals surface area contributed by atoms with Gasteiger partial charge in [-0.25, -0.2) is 0 Å². The van der Waals surface area contributed by atoms with Gasteiger partial charge < -0.3 is 14.1 Å². The number of ether oxygens (including phenoxy) is 1. The Morgan fingerprint density at radius 1 is 1.25 bits per heavy atom. The van der Waals surface area contributed by atoms with Gasteiger partial charge in [0.15, 0.2) is 0 Å². The maximum Gasteiger partial charge on any atom is 0.262 e. The normalized spacial score (nSPS) is 18.1. The van der Waals surface area contributed by atoms with Gasteiger partial charge in [0, 0.05) is 12.3 Å². The van der Waals surface area contributed by atoms with Crippen LogP contribution in [-0.4, -0.2) is 25.2 Å². The van der Waals surface area contributed by atoms with E-state index in [2.05, 4.69) is 0 Å². The first-order chi connectivity index (χ1) is 9.77. The van der Waals surface area contributed by atoms with Gasteiger partial charge in [0.1, 0.15) is 5.76 Å². The number of furan rings is 1. The molecule has 3 rings (SSSR count). The molecule has 1 aromatic carbocycles. The average molecular weight is 271 g/mol. The van der Waals surface area contributed by atoms with E-state index in [1.807, 2.05) is 42.2 Å². The van der Waals surface area contributed by atoms with E-state index >= 15 is 0 Å². The number of hydrogen-bond acceptors (Lipinski definition) is 3. The van der Waals surface area contributed by atoms with Crippen molar-refractivity contribution in [3.63, 3.8) is 0 Å². The zero-order valence-electron chi connectivity index (χ0n) is 11.4. The molecular weight excluding hydrogens is 254 g/mol. The van der Waals surface area contributed by atoms with Crippen molar-refractivity contribution < 1.29 is 13.9 Å². The molecule has 1 saturated heterocycles. The summed E-state index contributed by atoms with van der Waals surface area (Å²) in [6, 6.07) is 11.5. The second-order valence-corrected chi connectivity index (χ2v) is 4.92. The number of carbonyl (C=O) groups is 1. The van der Waals surface area contributed by atoms with Gasteiger partial charge in [0.2, 0.25) is 0 Å². The van der Waals surface area contributed by atoms with Crippen molar-refractivity contribution in [2.24, 2.45) is 0 Å². The standard InChI is InChI=1S/C16H17NO3/c1-12-15(8-10-20-12)16(18)17(14-7-9-19-11-14)13-5-3-2-4-6-13/h2-6,8,10,14H,7,9,11H2,1H3. The molecule has 1 atom stereocenters. The molecule has 0 bridgehead atoms. The molecule has 4 nitrogen and oxygen atoms in total. The Hall–Kier alpha value is -2.07. The fourth-order valence-corrected chi connectivity index (χ4v) is 2.54. The minimum absolute atomic E-state index is 0.0297. The predicted octanol–water partition coefficient (Wildman–Crippen LogP) is 3.02. The van der Waals surface area contributed by atoms with E-state index in [0.717, 1.165) is 12.1 Å². The number of nitrogens with zero attached hydrogens (tertiary/aromatic N) is 1. The van der Waals surface area contributed by atoms with Crippen LogP contribution in [0.5, 0.6) is 0 Å². The molecule has 0 spiro atoms. The van der Waals surface area contributed by atoms with Crippen molar-refractivity contribution in [3.8, 4) is 0 Å². The fraction of sp³-hybridized carbons (Fsp3) is 0.312. The van der Waals surface area contributed by atoms with E-state index in [-0.39, 0.29) is 11.9 Å². The van der Waals surface area contributed by atoms with Crippen molar-refractivity contribution in [2.75, 3.05) is 18.1 Å². The zero-order valence-corrected chi connectivity index (χ0v) is 11.4. The first-order valence-corrected chi connectivity index (χ1v) is 6.78. The second-order valence-electron chi connectivity index (χ2n) is 4.92. The molecule has 0 N–H and O–H groups in total. The van der Waals surface area contributed by atoms with Crippen LogP contribution in [0.4, 0.5) is 5.69 Å². The van der Waals surface area contributed by atoms with Crippen molar-refractivity contribution >= 4 is 11.6 Å². The molecule has 0 saturated carbocycles.